The van der Waals surface area contributed by atoms with Crippen molar-refractivity contribution >= 4 is 5.69 Å². The van der Waals surface area contributed by atoms with E-state index < -0.39 is 0 Å². The van der Waals surface area contributed by atoms with Gasteiger partial charge in [-0.15, -0.1) is 0 Å². The van der Waals surface area contributed by atoms with Crippen LogP contribution in [0.2, 0.25) is 0 Å². The van der Waals surface area contributed by atoms with Crippen LogP contribution in [0.4, 0.5) is 5.69 Å². The van der Waals surface area contributed by atoms with Gasteiger partial charge in [-0.3, -0.25) is 4.98 Å². The van der Waals surface area contributed by atoms with Crippen molar-refractivity contribution in [1.29, 1.82) is 0 Å². The fourth-order valence-electron chi connectivity index (χ4n) is 3.51. The Bertz CT molecular complexity index is 841. The Morgan fingerprint density at radius 2 is 1.65 bits per heavy atom. The third-order valence-corrected chi connectivity index (χ3v) is 4.96. The molecule has 1 N–H and O–H groups in total. The molecule has 0 aliphatic carbocycles. The monoisotopic (exact) mass is 344 g/mol. The van der Waals surface area contributed by atoms with Gasteiger partial charge >= 0.3 is 0 Å². The summed E-state index contributed by atoms with van der Waals surface area (Å²) in [6.45, 7) is 8.92. The molecule has 0 saturated carbocycles. The quantitative estimate of drug-likeness (QED) is 0.586. The maximum absolute atomic E-state index is 4.68. The van der Waals surface area contributed by atoms with Crippen LogP contribution in [-0.2, 0) is 12.0 Å². The molecule has 0 amide bonds. The smallest absolute Gasteiger partial charge is 0.0808 e. The summed E-state index contributed by atoms with van der Waals surface area (Å²) in [7, 11) is 0. The highest BCUT2D eigenvalue weighted by molar-refractivity contribution is 5.60. The molecule has 2 aromatic carbocycles. The molecule has 0 bridgehead atoms. The van der Waals surface area contributed by atoms with Crippen LogP contribution < -0.4 is 5.32 Å². The summed E-state index contributed by atoms with van der Waals surface area (Å²) >= 11 is 0. The second-order valence-corrected chi connectivity index (χ2v) is 7.53. The minimum Gasteiger partial charge on any atom is -0.373 e. The molecular formula is C24H28N2. The van der Waals surface area contributed by atoms with Crippen LogP contribution >= 0.6 is 0 Å². The van der Waals surface area contributed by atoms with Crippen molar-refractivity contribution in [3.05, 3.63) is 95.3 Å². The lowest BCUT2D eigenvalue weighted by Gasteiger charge is -2.34. The Morgan fingerprint density at radius 3 is 2.31 bits per heavy atom. The van der Waals surface area contributed by atoms with Crippen LogP contribution in [0.5, 0.6) is 0 Å². The Hall–Kier alpha value is -2.61. The number of rotatable bonds is 6. The molecule has 2 nitrogen and oxygen atoms in total. The molecule has 3 rings (SSSR count). The summed E-state index contributed by atoms with van der Waals surface area (Å²) in [4.78, 5) is 4.68. The summed E-state index contributed by atoms with van der Waals surface area (Å²) in [6.07, 6.45) is 2.75. The molecule has 0 spiro atoms. The van der Waals surface area contributed by atoms with Gasteiger partial charge in [0, 0.05) is 18.3 Å². The average Bonchev–Trinajstić information content (AvgIpc) is 2.65. The topological polar surface area (TPSA) is 24.9 Å². The van der Waals surface area contributed by atoms with Gasteiger partial charge in [-0.1, -0.05) is 68.4 Å². The van der Waals surface area contributed by atoms with Crippen LogP contribution in [0.1, 0.15) is 49.1 Å². The van der Waals surface area contributed by atoms with Gasteiger partial charge in [0.25, 0.3) is 0 Å². The van der Waals surface area contributed by atoms with E-state index in [0.717, 1.165) is 12.1 Å². The highest BCUT2D eigenvalue weighted by Crippen LogP contribution is 2.34. The molecule has 0 aliphatic rings. The number of para-hydroxylation sites is 1. The lowest BCUT2D eigenvalue weighted by Crippen LogP contribution is -2.36. The fraction of sp³-hybridized carbons (Fsp3) is 0.292. The predicted molar refractivity (Wildman–Crippen MR) is 111 cm³/mol. The Balaban J connectivity index is 2.05. The number of aryl methyl sites for hydroxylation is 1. The molecule has 134 valence electrons. The first-order valence-corrected chi connectivity index (χ1v) is 9.33. The van der Waals surface area contributed by atoms with Gasteiger partial charge in [0.2, 0.25) is 0 Å². The van der Waals surface area contributed by atoms with E-state index in [9.17, 15) is 0 Å². The Morgan fingerprint density at radius 1 is 0.923 bits per heavy atom. The number of hydrogen-bond donors (Lipinski definition) is 1. The molecule has 26 heavy (non-hydrogen) atoms. The predicted octanol–water partition coefficient (Wildman–Crippen LogP) is 6.08. The van der Waals surface area contributed by atoms with Gasteiger partial charge in [-0.25, -0.2) is 0 Å². The molecule has 1 heterocycles. The third kappa shape index (κ3) is 3.96. The van der Waals surface area contributed by atoms with E-state index in [1.165, 1.54) is 22.4 Å². The molecular weight excluding hydrogens is 316 g/mol. The lowest BCUT2D eigenvalue weighted by atomic mass is 9.87. The normalized spacial score (nSPS) is 13.4. The second kappa shape index (κ2) is 7.74. The van der Waals surface area contributed by atoms with Gasteiger partial charge in [-0.05, 0) is 48.6 Å². The van der Waals surface area contributed by atoms with Crippen molar-refractivity contribution in [2.24, 2.45) is 0 Å². The first-order valence-electron chi connectivity index (χ1n) is 9.33. The highest BCUT2D eigenvalue weighted by Gasteiger charge is 2.29. The maximum atomic E-state index is 4.68. The maximum Gasteiger partial charge on any atom is 0.0808 e. The Labute approximate surface area is 157 Å². The van der Waals surface area contributed by atoms with E-state index in [0.29, 0.717) is 5.92 Å². The summed E-state index contributed by atoms with van der Waals surface area (Å²) in [6, 6.07) is 23.3. The van der Waals surface area contributed by atoms with Crippen molar-refractivity contribution in [1.82, 2.24) is 4.98 Å². The van der Waals surface area contributed by atoms with E-state index in [2.05, 4.69) is 98.7 Å². The lowest BCUT2D eigenvalue weighted by molar-refractivity contribution is 0.521. The van der Waals surface area contributed by atoms with Crippen LogP contribution in [0.25, 0.3) is 0 Å². The molecule has 0 fully saturated rings. The van der Waals surface area contributed by atoms with E-state index >= 15 is 0 Å². The van der Waals surface area contributed by atoms with Gasteiger partial charge in [0.1, 0.15) is 0 Å². The number of nitrogens with zero attached hydrogens (tertiary/aromatic N) is 1. The van der Waals surface area contributed by atoms with Crippen LogP contribution in [0, 0.1) is 6.92 Å². The largest absolute Gasteiger partial charge is 0.373 e. The van der Waals surface area contributed by atoms with Gasteiger partial charge < -0.3 is 5.32 Å². The van der Waals surface area contributed by atoms with Crippen molar-refractivity contribution in [2.75, 3.05) is 5.32 Å². The minimum absolute atomic E-state index is 0.293. The zero-order chi connectivity index (χ0) is 18.6. The number of hydrogen-bond acceptors (Lipinski definition) is 2. The van der Waals surface area contributed by atoms with Crippen LogP contribution in [-0.4, -0.2) is 4.98 Å². The third-order valence-electron chi connectivity index (χ3n) is 4.96. The molecule has 2 heteroatoms. The summed E-state index contributed by atoms with van der Waals surface area (Å²) in [5.41, 5.74) is 5.91. The number of pyridine rings is 1. The summed E-state index contributed by atoms with van der Waals surface area (Å²) < 4.78 is 0. The Kier molecular flexibility index (Phi) is 5.41. The second-order valence-electron chi connectivity index (χ2n) is 7.53. The van der Waals surface area contributed by atoms with E-state index in [-0.39, 0.29) is 5.54 Å². The fourth-order valence-corrected chi connectivity index (χ4v) is 3.51. The summed E-state index contributed by atoms with van der Waals surface area (Å²) in [5, 5.41) is 3.88. The SMILES string of the molecule is Cc1cccc(C(C)C)c1NC(C)(Cc1ccccc1)c1ccccn1. The summed E-state index contributed by atoms with van der Waals surface area (Å²) in [5.74, 6) is 0.460. The van der Waals surface area contributed by atoms with Crippen molar-refractivity contribution < 1.29 is 0 Å². The van der Waals surface area contributed by atoms with Crippen molar-refractivity contribution in [3.63, 3.8) is 0 Å². The van der Waals surface area contributed by atoms with Gasteiger partial charge in [-0.2, -0.15) is 0 Å². The number of aromatic nitrogens is 1. The van der Waals surface area contributed by atoms with Crippen molar-refractivity contribution in [3.8, 4) is 0 Å². The van der Waals surface area contributed by atoms with E-state index in [1.807, 2.05) is 12.3 Å². The van der Waals surface area contributed by atoms with Crippen LogP contribution in [0.3, 0.4) is 0 Å². The minimum atomic E-state index is -0.293. The zero-order valence-electron chi connectivity index (χ0n) is 16.2. The zero-order valence-corrected chi connectivity index (χ0v) is 16.2. The molecule has 3 aromatic rings. The molecule has 1 atom stereocenters. The van der Waals surface area contributed by atoms with E-state index in [4.69, 9.17) is 0 Å². The molecule has 1 aromatic heterocycles. The standard InChI is InChI=1S/C24H28N2/c1-18(2)21-14-10-11-19(3)23(21)26-24(4,22-15-8-9-16-25-22)17-20-12-6-5-7-13-20/h5-16,18,26H,17H2,1-4H3. The molecule has 0 radical (unpaired) electrons. The first kappa shape index (κ1) is 18.2. The average molecular weight is 345 g/mol. The number of anilines is 1. The van der Waals surface area contributed by atoms with Crippen LogP contribution in [0.15, 0.2) is 72.9 Å². The van der Waals surface area contributed by atoms with Crippen molar-refractivity contribution in [2.45, 2.75) is 45.6 Å². The van der Waals surface area contributed by atoms with Gasteiger partial charge in [0.05, 0.1) is 11.2 Å². The van der Waals surface area contributed by atoms with E-state index in [1.54, 1.807) is 0 Å². The molecule has 0 saturated heterocycles. The highest BCUT2D eigenvalue weighted by atomic mass is 15.0. The van der Waals surface area contributed by atoms with Gasteiger partial charge in [0.15, 0.2) is 0 Å². The first-order chi connectivity index (χ1) is 12.5. The molecule has 0 aliphatic heterocycles. The number of benzene rings is 2. The number of nitrogens with one attached hydrogen (secondary N) is 1. The molecule has 1 unspecified atom stereocenters.